The van der Waals surface area contributed by atoms with E-state index in [9.17, 15) is 4.79 Å². The van der Waals surface area contributed by atoms with Crippen LogP contribution in [0.4, 0.5) is 11.4 Å². The van der Waals surface area contributed by atoms with Crippen molar-refractivity contribution in [3.63, 3.8) is 0 Å². The second kappa shape index (κ2) is 4.49. The van der Waals surface area contributed by atoms with Crippen LogP contribution in [0, 0.1) is 6.07 Å². The molecule has 0 saturated carbocycles. The van der Waals surface area contributed by atoms with E-state index in [-0.39, 0.29) is 5.91 Å². The van der Waals surface area contributed by atoms with Crippen LogP contribution in [0.15, 0.2) is 48.5 Å². The lowest BCUT2D eigenvalue weighted by Crippen LogP contribution is -2.13. The number of carbonyl (C=O) groups is 1. The fourth-order valence-corrected chi connectivity index (χ4v) is 1.37. The number of carbonyl (C=O) groups excluding carboxylic acids is 1. The molecule has 0 atom stereocenters. The van der Waals surface area contributed by atoms with E-state index in [2.05, 4.69) is 11.4 Å². The Kier molecular flexibility index (Phi) is 2.87. The molecule has 0 aliphatic heterocycles. The van der Waals surface area contributed by atoms with Gasteiger partial charge in [-0.2, -0.15) is 0 Å². The van der Waals surface area contributed by atoms with Crippen LogP contribution >= 0.6 is 0 Å². The molecule has 16 heavy (non-hydrogen) atoms. The molecule has 3 nitrogen and oxygen atoms in total. The average molecular weight is 211 g/mol. The molecule has 0 spiro atoms. The van der Waals surface area contributed by atoms with Crippen molar-refractivity contribution in [1.82, 2.24) is 0 Å². The monoisotopic (exact) mass is 211 g/mol. The molecule has 0 aliphatic carbocycles. The molecule has 2 aromatic rings. The van der Waals surface area contributed by atoms with Crippen molar-refractivity contribution in [2.45, 2.75) is 0 Å². The zero-order valence-corrected chi connectivity index (χ0v) is 8.60. The molecule has 0 aliphatic rings. The highest BCUT2D eigenvalue weighted by Crippen LogP contribution is 2.13. The van der Waals surface area contributed by atoms with Crippen LogP contribution in [0.5, 0.6) is 0 Å². The largest absolute Gasteiger partial charge is 0.398 e. The van der Waals surface area contributed by atoms with Gasteiger partial charge >= 0.3 is 0 Å². The summed E-state index contributed by atoms with van der Waals surface area (Å²) < 4.78 is 0. The molecule has 1 amide bonds. The number of amides is 1. The molecule has 3 N–H and O–H groups in total. The molecular formula is C13H11N2O. The highest BCUT2D eigenvalue weighted by Gasteiger charge is 2.08. The van der Waals surface area contributed by atoms with Crippen LogP contribution in [0.1, 0.15) is 10.4 Å². The summed E-state index contributed by atoms with van der Waals surface area (Å²) in [5, 5.41) is 2.76. The third kappa shape index (κ3) is 2.20. The fourth-order valence-electron chi connectivity index (χ4n) is 1.37. The number of nitrogen functional groups attached to an aromatic ring is 1. The molecule has 0 bridgehead atoms. The van der Waals surface area contributed by atoms with Crippen LogP contribution in [0.2, 0.25) is 0 Å². The number of nitrogens with two attached hydrogens (primary N) is 1. The topological polar surface area (TPSA) is 55.1 Å². The zero-order valence-electron chi connectivity index (χ0n) is 8.60. The predicted molar refractivity (Wildman–Crippen MR) is 64.1 cm³/mol. The van der Waals surface area contributed by atoms with Crippen LogP contribution < -0.4 is 11.1 Å². The van der Waals surface area contributed by atoms with Gasteiger partial charge in [0.25, 0.3) is 5.91 Å². The van der Waals surface area contributed by atoms with Gasteiger partial charge in [-0.3, -0.25) is 4.79 Å². The maximum absolute atomic E-state index is 11.8. The first-order chi connectivity index (χ1) is 7.77. The van der Waals surface area contributed by atoms with E-state index in [4.69, 9.17) is 5.73 Å². The lowest BCUT2D eigenvalue weighted by Gasteiger charge is -2.06. The minimum Gasteiger partial charge on any atom is -0.398 e. The Balaban J connectivity index is 2.19. The van der Waals surface area contributed by atoms with Crippen molar-refractivity contribution >= 4 is 17.3 Å². The summed E-state index contributed by atoms with van der Waals surface area (Å²) in [6, 6.07) is 16.9. The van der Waals surface area contributed by atoms with Gasteiger partial charge in [0.05, 0.1) is 5.56 Å². The van der Waals surface area contributed by atoms with Crippen molar-refractivity contribution < 1.29 is 4.79 Å². The lowest BCUT2D eigenvalue weighted by molar-refractivity contribution is 0.102. The molecule has 2 rings (SSSR count). The molecule has 0 heterocycles. The van der Waals surface area contributed by atoms with Crippen molar-refractivity contribution in [3.8, 4) is 0 Å². The van der Waals surface area contributed by atoms with E-state index in [0.29, 0.717) is 11.3 Å². The Morgan fingerprint density at radius 3 is 2.50 bits per heavy atom. The van der Waals surface area contributed by atoms with Gasteiger partial charge < -0.3 is 11.1 Å². The van der Waals surface area contributed by atoms with Crippen LogP contribution in [-0.4, -0.2) is 5.91 Å². The molecule has 1 radical (unpaired) electrons. The van der Waals surface area contributed by atoms with Crippen LogP contribution in [-0.2, 0) is 0 Å². The molecule has 2 aromatic carbocycles. The number of para-hydroxylation sites is 1. The standard InChI is InChI=1S/C13H11N2O/c14-12-9-5-4-8-11(12)13(16)15-10-6-2-1-3-7-10/h2-9H,14H2,(H,15,16). The summed E-state index contributed by atoms with van der Waals surface area (Å²) in [5.41, 5.74) is 7.39. The zero-order chi connectivity index (χ0) is 11.4. The molecule has 79 valence electrons. The normalized spacial score (nSPS) is 9.75. The van der Waals surface area contributed by atoms with Gasteiger partial charge in [0.1, 0.15) is 0 Å². The first-order valence-electron chi connectivity index (χ1n) is 4.89. The highest BCUT2D eigenvalue weighted by molar-refractivity contribution is 6.07. The lowest BCUT2D eigenvalue weighted by atomic mass is 10.1. The molecule has 0 aromatic heterocycles. The summed E-state index contributed by atoms with van der Waals surface area (Å²) in [6.07, 6.45) is 0. The van der Waals surface area contributed by atoms with Gasteiger partial charge in [0.2, 0.25) is 0 Å². The van der Waals surface area contributed by atoms with Crippen LogP contribution in [0.3, 0.4) is 0 Å². The van der Waals surface area contributed by atoms with Gasteiger partial charge in [0.15, 0.2) is 0 Å². The Bertz CT molecular complexity index is 494. The SMILES string of the molecule is Nc1ccccc1C(=O)Nc1cc[c]cc1. The first-order valence-corrected chi connectivity index (χ1v) is 4.89. The maximum atomic E-state index is 11.8. The molecule has 0 saturated heterocycles. The average Bonchev–Trinajstić information content (AvgIpc) is 2.31. The molecule has 3 heteroatoms. The van der Waals surface area contributed by atoms with Crippen molar-refractivity contribution in [2.24, 2.45) is 0 Å². The molecule has 0 unspecified atom stereocenters. The van der Waals surface area contributed by atoms with E-state index in [1.165, 1.54) is 0 Å². The van der Waals surface area contributed by atoms with E-state index >= 15 is 0 Å². The Morgan fingerprint density at radius 2 is 1.81 bits per heavy atom. The second-order valence-electron chi connectivity index (χ2n) is 3.33. The number of hydrogen-bond donors (Lipinski definition) is 2. The summed E-state index contributed by atoms with van der Waals surface area (Å²) in [5.74, 6) is -0.204. The van der Waals surface area contributed by atoms with Crippen molar-refractivity contribution in [3.05, 3.63) is 60.2 Å². The highest BCUT2D eigenvalue weighted by atomic mass is 16.1. The van der Waals surface area contributed by atoms with Crippen molar-refractivity contribution in [1.29, 1.82) is 0 Å². The van der Waals surface area contributed by atoms with Gasteiger partial charge in [-0.05, 0) is 30.3 Å². The summed E-state index contributed by atoms with van der Waals surface area (Å²) in [7, 11) is 0. The second-order valence-corrected chi connectivity index (χ2v) is 3.33. The van der Waals surface area contributed by atoms with E-state index in [1.807, 2.05) is 0 Å². The van der Waals surface area contributed by atoms with Gasteiger partial charge in [-0.25, -0.2) is 0 Å². The Hall–Kier alpha value is -2.29. The summed E-state index contributed by atoms with van der Waals surface area (Å²) in [6.45, 7) is 0. The van der Waals surface area contributed by atoms with Gasteiger partial charge in [0, 0.05) is 11.4 Å². The van der Waals surface area contributed by atoms with Crippen LogP contribution in [0.25, 0.3) is 0 Å². The van der Waals surface area contributed by atoms with E-state index in [0.717, 1.165) is 5.69 Å². The number of hydrogen-bond acceptors (Lipinski definition) is 2. The van der Waals surface area contributed by atoms with Crippen molar-refractivity contribution in [2.75, 3.05) is 11.1 Å². The molecular weight excluding hydrogens is 200 g/mol. The Labute approximate surface area is 93.9 Å². The predicted octanol–water partition coefficient (Wildman–Crippen LogP) is 2.32. The van der Waals surface area contributed by atoms with Gasteiger partial charge in [-0.1, -0.05) is 24.3 Å². The quantitative estimate of drug-likeness (QED) is 0.749. The number of benzene rings is 2. The first kappa shape index (κ1) is 10.2. The maximum Gasteiger partial charge on any atom is 0.257 e. The van der Waals surface area contributed by atoms with E-state index in [1.54, 1.807) is 48.5 Å². The van der Waals surface area contributed by atoms with E-state index < -0.39 is 0 Å². The third-order valence-electron chi connectivity index (χ3n) is 2.18. The number of nitrogens with one attached hydrogen (secondary N) is 1. The smallest absolute Gasteiger partial charge is 0.257 e. The Morgan fingerprint density at radius 1 is 1.12 bits per heavy atom. The number of anilines is 2. The summed E-state index contributed by atoms with van der Waals surface area (Å²) >= 11 is 0. The minimum absolute atomic E-state index is 0.204. The molecule has 0 fully saturated rings. The third-order valence-corrected chi connectivity index (χ3v) is 2.18. The summed E-state index contributed by atoms with van der Waals surface area (Å²) in [4.78, 5) is 11.8. The minimum atomic E-state index is -0.204. The fraction of sp³-hybridized carbons (Fsp3) is 0. The van der Waals surface area contributed by atoms with Gasteiger partial charge in [-0.15, -0.1) is 0 Å². The number of rotatable bonds is 2.